The normalized spacial score (nSPS) is 13.7. The maximum Gasteiger partial charge on any atom is 0.118 e. The third kappa shape index (κ3) is 11.6. The first-order chi connectivity index (χ1) is 12.4. The van der Waals surface area contributed by atoms with Crippen LogP contribution in [0.25, 0.3) is 0 Å². The Labute approximate surface area is 172 Å². The van der Waals surface area contributed by atoms with Crippen LogP contribution < -0.4 is 10.1 Å². The SMILES string of the molecule is CCCC(CC)CCOCC(O)CNC(C)(C)Cc1ccc(OC)cc1.Cl. The van der Waals surface area contributed by atoms with Crippen molar-refractivity contribution in [2.24, 2.45) is 5.92 Å². The molecule has 0 aromatic heterocycles. The highest BCUT2D eigenvalue weighted by Crippen LogP contribution is 2.17. The molecule has 0 spiro atoms. The second-order valence-electron chi connectivity index (χ2n) is 7.87. The Hall–Kier alpha value is -0.810. The highest BCUT2D eigenvalue weighted by molar-refractivity contribution is 5.85. The monoisotopic (exact) mass is 401 g/mol. The van der Waals surface area contributed by atoms with Crippen molar-refractivity contribution in [3.05, 3.63) is 29.8 Å². The largest absolute Gasteiger partial charge is 0.497 e. The average molecular weight is 402 g/mol. The van der Waals surface area contributed by atoms with Gasteiger partial charge in [0.05, 0.1) is 19.8 Å². The van der Waals surface area contributed by atoms with Gasteiger partial charge in [0.25, 0.3) is 0 Å². The topological polar surface area (TPSA) is 50.7 Å². The van der Waals surface area contributed by atoms with E-state index in [0.717, 1.165) is 31.1 Å². The summed E-state index contributed by atoms with van der Waals surface area (Å²) in [7, 11) is 1.68. The van der Waals surface area contributed by atoms with Gasteiger partial charge < -0.3 is 19.9 Å². The molecule has 27 heavy (non-hydrogen) atoms. The van der Waals surface area contributed by atoms with E-state index in [4.69, 9.17) is 9.47 Å². The summed E-state index contributed by atoms with van der Waals surface area (Å²) >= 11 is 0. The van der Waals surface area contributed by atoms with Crippen LogP contribution in [0.15, 0.2) is 24.3 Å². The number of rotatable bonds is 14. The summed E-state index contributed by atoms with van der Waals surface area (Å²) in [6, 6.07) is 8.14. The summed E-state index contributed by atoms with van der Waals surface area (Å²) < 4.78 is 10.9. The molecule has 0 aliphatic rings. The number of benzene rings is 1. The van der Waals surface area contributed by atoms with Crippen LogP contribution in [-0.4, -0.2) is 43.6 Å². The molecular formula is C22H40ClNO3. The molecule has 1 aromatic carbocycles. The van der Waals surface area contributed by atoms with Gasteiger partial charge in [-0.1, -0.05) is 45.2 Å². The van der Waals surface area contributed by atoms with Crippen LogP contribution in [0.5, 0.6) is 5.75 Å². The third-order valence-electron chi connectivity index (χ3n) is 4.88. The molecule has 0 amide bonds. The Balaban J connectivity index is 0.00000676. The molecule has 2 atom stereocenters. The van der Waals surface area contributed by atoms with Gasteiger partial charge in [-0.2, -0.15) is 0 Å². The first-order valence-electron chi connectivity index (χ1n) is 10.0. The van der Waals surface area contributed by atoms with Crippen LogP contribution >= 0.6 is 12.4 Å². The molecule has 4 nitrogen and oxygen atoms in total. The zero-order chi connectivity index (χ0) is 19.4. The zero-order valence-electron chi connectivity index (χ0n) is 17.8. The lowest BCUT2D eigenvalue weighted by Gasteiger charge is -2.28. The molecule has 2 N–H and O–H groups in total. The summed E-state index contributed by atoms with van der Waals surface area (Å²) in [5, 5.41) is 13.6. The average Bonchev–Trinajstić information content (AvgIpc) is 2.63. The smallest absolute Gasteiger partial charge is 0.118 e. The van der Waals surface area contributed by atoms with Crippen molar-refractivity contribution >= 4 is 12.4 Å². The van der Waals surface area contributed by atoms with E-state index in [0.29, 0.717) is 13.2 Å². The van der Waals surface area contributed by atoms with Crippen molar-refractivity contribution in [1.29, 1.82) is 0 Å². The van der Waals surface area contributed by atoms with Crippen molar-refractivity contribution in [3.8, 4) is 5.75 Å². The van der Waals surface area contributed by atoms with E-state index in [1.807, 2.05) is 12.1 Å². The maximum atomic E-state index is 10.2. The number of nitrogens with one attached hydrogen (secondary N) is 1. The van der Waals surface area contributed by atoms with Crippen LogP contribution in [0.1, 0.15) is 58.9 Å². The lowest BCUT2D eigenvalue weighted by molar-refractivity contribution is 0.0280. The number of aliphatic hydroxyl groups is 1. The molecule has 1 rings (SSSR count). The predicted molar refractivity (Wildman–Crippen MR) is 116 cm³/mol. The van der Waals surface area contributed by atoms with Gasteiger partial charge in [0, 0.05) is 18.7 Å². The summed E-state index contributed by atoms with van der Waals surface area (Å²) in [5.74, 6) is 1.62. The summed E-state index contributed by atoms with van der Waals surface area (Å²) in [4.78, 5) is 0. The Morgan fingerprint density at radius 2 is 1.78 bits per heavy atom. The number of aliphatic hydroxyl groups excluding tert-OH is 1. The summed E-state index contributed by atoms with van der Waals surface area (Å²) in [6.45, 7) is 10.5. The van der Waals surface area contributed by atoms with Crippen molar-refractivity contribution in [1.82, 2.24) is 5.32 Å². The Morgan fingerprint density at radius 1 is 1.11 bits per heavy atom. The van der Waals surface area contributed by atoms with Crippen LogP contribution in [0.2, 0.25) is 0 Å². The van der Waals surface area contributed by atoms with Crippen molar-refractivity contribution in [2.45, 2.75) is 71.4 Å². The van der Waals surface area contributed by atoms with E-state index in [-0.39, 0.29) is 17.9 Å². The minimum atomic E-state index is -0.476. The molecule has 0 aliphatic heterocycles. The molecule has 2 unspecified atom stereocenters. The van der Waals surface area contributed by atoms with Gasteiger partial charge in [-0.15, -0.1) is 12.4 Å². The van der Waals surface area contributed by atoms with E-state index >= 15 is 0 Å². The number of β-amino-alcohol motifs (C(OH)–C–C–N with tert-alkyl or cyclic N) is 1. The minimum absolute atomic E-state index is 0. The third-order valence-corrected chi connectivity index (χ3v) is 4.88. The fraction of sp³-hybridized carbons (Fsp3) is 0.727. The molecule has 1 aromatic rings. The molecule has 0 radical (unpaired) electrons. The second-order valence-corrected chi connectivity index (χ2v) is 7.87. The van der Waals surface area contributed by atoms with E-state index in [1.54, 1.807) is 7.11 Å². The number of hydrogen-bond acceptors (Lipinski definition) is 4. The number of methoxy groups -OCH3 is 1. The Kier molecular flexibility index (Phi) is 13.8. The van der Waals surface area contributed by atoms with Crippen molar-refractivity contribution in [2.75, 3.05) is 26.9 Å². The predicted octanol–water partition coefficient (Wildman–Crippen LogP) is 4.62. The first-order valence-corrected chi connectivity index (χ1v) is 10.0. The molecule has 5 heteroatoms. The molecule has 0 heterocycles. The zero-order valence-corrected chi connectivity index (χ0v) is 18.6. The molecular weight excluding hydrogens is 362 g/mol. The molecule has 0 saturated carbocycles. The maximum absolute atomic E-state index is 10.2. The molecule has 0 aliphatic carbocycles. The van der Waals surface area contributed by atoms with E-state index in [9.17, 15) is 5.11 Å². The number of halogens is 1. The van der Waals surface area contributed by atoms with Crippen molar-refractivity contribution in [3.63, 3.8) is 0 Å². The minimum Gasteiger partial charge on any atom is -0.497 e. The Bertz CT molecular complexity index is 479. The highest BCUT2D eigenvalue weighted by Gasteiger charge is 2.19. The molecule has 0 bridgehead atoms. The first kappa shape index (κ1) is 26.2. The van der Waals surface area contributed by atoms with Crippen LogP contribution in [0, 0.1) is 5.92 Å². The molecule has 158 valence electrons. The molecule has 0 fully saturated rings. The fourth-order valence-corrected chi connectivity index (χ4v) is 3.20. The van der Waals surface area contributed by atoms with E-state index in [1.165, 1.54) is 24.8 Å². The van der Waals surface area contributed by atoms with Crippen molar-refractivity contribution < 1.29 is 14.6 Å². The summed E-state index contributed by atoms with van der Waals surface area (Å²) in [5.41, 5.74) is 1.15. The van der Waals surface area contributed by atoms with E-state index in [2.05, 4.69) is 45.1 Å². The van der Waals surface area contributed by atoms with Gasteiger partial charge in [0.2, 0.25) is 0 Å². The van der Waals surface area contributed by atoms with Gasteiger partial charge in [0.1, 0.15) is 5.75 Å². The van der Waals surface area contributed by atoms with Gasteiger partial charge >= 0.3 is 0 Å². The lowest BCUT2D eigenvalue weighted by atomic mass is 9.94. The van der Waals surface area contributed by atoms with Crippen LogP contribution in [-0.2, 0) is 11.2 Å². The highest BCUT2D eigenvalue weighted by atomic mass is 35.5. The van der Waals surface area contributed by atoms with Crippen LogP contribution in [0.3, 0.4) is 0 Å². The van der Waals surface area contributed by atoms with Gasteiger partial charge in [0.15, 0.2) is 0 Å². The van der Waals surface area contributed by atoms with Gasteiger partial charge in [-0.05, 0) is 50.3 Å². The standard InChI is InChI=1S/C22H39NO3.ClH/c1-6-8-18(7-2)13-14-26-17-20(24)16-23-22(3,4)15-19-9-11-21(25-5)12-10-19;/h9-12,18,20,23-24H,6-8,13-17H2,1-5H3;1H. The van der Waals surface area contributed by atoms with Gasteiger partial charge in [-0.25, -0.2) is 0 Å². The van der Waals surface area contributed by atoms with Crippen LogP contribution in [0.4, 0.5) is 0 Å². The second kappa shape index (κ2) is 14.2. The Morgan fingerprint density at radius 3 is 2.33 bits per heavy atom. The fourth-order valence-electron chi connectivity index (χ4n) is 3.20. The van der Waals surface area contributed by atoms with E-state index < -0.39 is 6.10 Å². The quantitative estimate of drug-likeness (QED) is 0.446. The summed E-state index contributed by atoms with van der Waals surface area (Å²) in [6.07, 6.45) is 5.21. The molecule has 0 saturated heterocycles. The number of ether oxygens (including phenoxy) is 2. The van der Waals surface area contributed by atoms with Gasteiger partial charge in [-0.3, -0.25) is 0 Å². The number of hydrogen-bond donors (Lipinski definition) is 2. The lowest BCUT2D eigenvalue weighted by Crippen LogP contribution is -2.46.